The van der Waals surface area contributed by atoms with Gasteiger partial charge in [-0.1, -0.05) is 24.8 Å². The number of para-hydroxylation sites is 1. The average Bonchev–Trinajstić information content (AvgIpc) is 3.26. The van der Waals surface area contributed by atoms with Crippen LogP contribution in [0.4, 0.5) is 10.5 Å². The number of guanidine groups is 1. The number of nitrogens with zero attached hydrogens (tertiary/aromatic N) is 4. The first kappa shape index (κ1) is 20.9. The van der Waals surface area contributed by atoms with E-state index >= 15 is 0 Å². The Hall–Kier alpha value is -3.31. The van der Waals surface area contributed by atoms with Gasteiger partial charge >= 0.3 is 6.03 Å². The zero-order valence-electron chi connectivity index (χ0n) is 17.1. The highest BCUT2D eigenvalue weighted by atomic mass is 16.3. The summed E-state index contributed by atoms with van der Waals surface area (Å²) in [4.78, 5) is 34.5. The molecule has 3 aliphatic heterocycles. The molecule has 1 aromatic rings. The Kier molecular flexibility index (Phi) is 5.46. The predicted octanol–water partition coefficient (Wildman–Crippen LogP) is -1.44. The van der Waals surface area contributed by atoms with E-state index in [1.165, 1.54) is 9.80 Å². The number of imide groups is 1. The third-order valence-electron chi connectivity index (χ3n) is 5.93. The van der Waals surface area contributed by atoms with Crippen LogP contribution in [0.2, 0.25) is 0 Å². The van der Waals surface area contributed by atoms with E-state index in [1.807, 2.05) is 6.07 Å². The highest BCUT2D eigenvalue weighted by molar-refractivity contribution is 6.12. The van der Waals surface area contributed by atoms with Crippen molar-refractivity contribution in [2.24, 2.45) is 10.7 Å². The second-order valence-corrected chi connectivity index (χ2v) is 7.80. The van der Waals surface area contributed by atoms with Crippen molar-refractivity contribution in [1.29, 1.82) is 0 Å². The van der Waals surface area contributed by atoms with Crippen molar-refractivity contribution in [3.63, 3.8) is 0 Å². The van der Waals surface area contributed by atoms with Crippen molar-refractivity contribution >= 4 is 23.6 Å². The van der Waals surface area contributed by atoms with E-state index in [4.69, 9.17) is 5.73 Å². The van der Waals surface area contributed by atoms with Crippen molar-refractivity contribution in [2.45, 2.75) is 24.2 Å². The molecule has 0 saturated carbocycles. The SMILES string of the molecule is C=C1NC2[C@H](CN3C(=O)CN(c4ccccc4)C3=O)N=C(N)N(CCCO)C2(CO)N1. The van der Waals surface area contributed by atoms with Crippen LogP contribution in [-0.2, 0) is 4.79 Å². The molecule has 3 heterocycles. The number of anilines is 1. The van der Waals surface area contributed by atoms with Crippen molar-refractivity contribution in [3.05, 3.63) is 42.7 Å². The molecule has 31 heavy (non-hydrogen) atoms. The number of urea groups is 1. The van der Waals surface area contributed by atoms with Gasteiger partial charge in [0.05, 0.1) is 31.1 Å². The molecule has 2 unspecified atom stereocenters. The molecule has 0 radical (unpaired) electrons. The first-order valence-corrected chi connectivity index (χ1v) is 10.1. The van der Waals surface area contributed by atoms with Crippen LogP contribution in [0.25, 0.3) is 0 Å². The summed E-state index contributed by atoms with van der Waals surface area (Å²) in [5.41, 5.74) is 5.82. The molecular formula is C20H27N7O4. The van der Waals surface area contributed by atoms with Crippen LogP contribution in [0.3, 0.4) is 0 Å². The van der Waals surface area contributed by atoms with Crippen LogP contribution in [-0.4, -0.2) is 88.5 Å². The number of aliphatic hydroxyl groups excluding tert-OH is 2. The van der Waals surface area contributed by atoms with Gasteiger partial charge in [0.25, 0.3) is 5.91 Å². The van der Waals surface area contributed by atoms with Crippen molar-refractivity contribution < 1.29 is 19.8 Å². The van der Waals surface area contributed by atoms with Crippen molar-refractivity contribution in [2.75, 3.05) is 37.7 Å². The number of rotatable bonds is 7. The molecule has 0 spiro atoms. The maximum atomic E-state index is 13.0. The van der Waals surface area contributed by atoms with Crippen LogP contribution in [0.5, 0.6) is 0 Å². The van der Waals surface area contributed by atoms with Crippen LogP contribution >= 0.6 is 0 Å². The van der Waals surface area contributed by atoms with Gasteiger partial charge in [-0.05, 0) is 18.6 Å². The fourth-order valence-electron chi connectivity index (χ4n) is 4.48. The van der Waals surface area contributed by atoms with Gasteiger partial charge in [-0.2, -0.15) is 0 Å². The summed E-state index contributed by atoms with van der Waals surface area (Å²) in [7, 11) is 0. The van der Waals surface area contributed by atoms with Crippen LogP contribution in [0.1, 0.15) is 6.42 Å². The van der Waals surface area contributed by atoms with Crippen molar-refractivity contribution in [3.8, 4) is 0 Å². The predicted molar refractivity (Wildman–Crippen MR) is 114 cm³/mol. The highest BCUT2D eigenvalue weighted by Crippen LogP contribution is 2.32. The molecule has 0 aliphatic carbocycles. The second-order valence-electron chi connectivity index (χ2n) is 7.80. The monoisotopic (exact) mass is 429 g/mol. The van der Waals surface area contributed by atoms with E-state index in [1.54, 1.807) is 29.2 Å². The number of carbonyl (C=O) groups excluding carboxylic acids is 2. The Labute approximate surface area is 179 Å². The topological polar surface area (TPSA) is 147 Å². The number of benzene rings is 1. The largest absolute Gasteiger partial charge is 0.396 e. The van der Waals surface area contributed by atoms with Crippen LogP contribution in [0, 0.1) is 0 Å². The Morgan fingerprint density at radius 2 is 2.00 bits per heavy atom. The van der Waals surface area contributed by atoms with E-state index in [9.17, 15) is 19.8 Å². The van der Waals surface area contributed by atoms with E-state index in [2.05, 4.69) is 22.2 Å². The zero-order valence-corrected chi connectivity index (χ0v) is 17.1. The van der Waals surface area contributed by atoms with Crippen LogP contribution in [0.15, 0.2) is 47.7 Å². The summed E-state index contributed by atoms with van der Waals surface area (Å²) in [6.07, 6.45) is 0.429. The van der Waals surface area contributed by atoms with Crippen molar-refractivity contribution in [1.82, 2.24) is 20.4 Å². The number of hydrogen-bond donors (Lipinski definition) is 5. The fraction of sp³-hybridized carbons (Fsp3) is 0.450. The number of aliphatic imine (C=N–C) groups is 1. The van der Waals surface area contributed by atoms with Gasteiger partial charge in [0, 0.05) is 18.8 Å². The summed E-state index contributed by atoms with van der Waals surface area (Å²) in [6, 6.07) is 7.46. The molecule has 3 aliphatic rings. The molecule has 11 heteroatoms. The van der Waals surface area contributed by atoms with Gasteiger partial charge in [-0.3, -0.25) is 14.6 Å². The van der Waals surface area contributed by atoms with Gasteiger partial charge in [-0.15, -0.1) is 0 Å². The Morgan fingerprint density at radius 3 is 2.68 bits per heavy atom. The van der Waals surface area contributed by atoms with E-state index in [0.717, 1.165) is 0 Å². The maximum absolute atomic E-state index is 13.0. The smallest absolute Gasteiger partial charge is 0.331 e. The zero-order chi connectivity index (χ0) is 22.2. The normalized spacial score (nSPS) is 27.9. The lowest BCUT2D eigenvalue weighted by atomic mass is 9.91. The van der Waals surface area contributed by atoms with Gasteiger partial charge < -0.3 is 31.5 Å². The fourth-order valence-corrected chi connectivity index (χ4v) is 4.48. The summed E-state index contributed by atoms with van der Waals surface area (Å²) >= 11 is 0. The third-order valence-corrected chi connectivity index (χ3v) is 5.93. The minimum Gasteiger partial charge on any atom is -0.396 e. The molecule has 6 N–H and O–H groups in total. The molecule has 11 nitrogen and oxygen atoms in total. The Morgan fingerprint density at radius 1 is 1.26 bits per heavy atom. The molecule has 0 aromatic heterocycles. The minimum atomic E-state index is -1.05. The minimum absolute atomic E-state index is 0.00389. The first-order valence-electron chi connectivity index (χ1n) is 10.1. The number of amides is 3. The number of fused-ring (bicyclic) bond motifs is 1. The van der Waals surface area contributed by atoms with Gasteiger partial charge in [0.1, 0.15) is 6.54 Å². The lowest BCUT2D eigenvalue weighted by Crippen LogP contribution is -2.73. The van der Waals surface area contributed by atoms with Gasteiger partial charge in [0.2, 0.25) is 0 Å². The molecule has 0 bridgehead atoms. The molecule has 3 amide bonds. The first-order chi connectivity index (χ1) is 14.9. The molecule has 3 atom stereocenters. The third kappa shape index (κ3) is 3.45. The number of carbonyl (C=O) groups is 2. The molecule has 1 aromatic carbocycles. The lowest BCUT2D eigenvalue weighted by molar-refractivity contribution is -0.125. The van der Waals surface area contributed by atoms with E-state index in [-0.39, 0.29) is 38.2 Å². The molecule has 166 valence electrons. The van der Waals surface area contributed by atoms with E-state index in [0.29, 0.717) is 24.5 Å². The van der Waals surface area contributed by atoms with E-state index < -0.39 is 23.8 Å². The van der Waals surface area contributed by atoms with Gasteiger partial charge in [0.15, 0.2) is 11.6 Å². The molecule has 2 saturated heterocycles. The molecule has 2 fully saturated rings. The van der Waals surface area contributed by atoms with Gasteiger partial charge in [-0.25, -0.2) is 9.79 Å². The van der Waals surface area contributed by atoms with Crippen LogP contribution < -0.4 is 21.3 Å². The summed E-state index contributed by atoms with van der Waals surface area (Å²) in [5.74, 6) is 0.310. The number of nitrogens with two attached hydrogens (primary N) is 1. The molecule has 4 rings (SSSR count). The summed E-state index contributed by atoms with van der Waals surface area (Å²) in [5, 5.41) is 25.9. The number of nitrogens with one attached hydrogen (secondary N) is 2. The second kappa shape index (κ2) is 8.08. The Bertz CT molecular complexity index is 908. The quantitative estimate of drug-likeness (QED) is 0.331. The summed E-state index contributed by atoms with van der Waals surface area (Å²) in [6.45, 7) is 3.86. The highest BCUT2D eigenvalue weighted by Gasteiger charge is 2.56. The standard InChI is InChI=1S/C20H27N7O4/c1-13-22-17-15(23-18(21)27(8-5-9-28)20(17,12-29)24-13)10-26-16(30)11-25(19(26)31)14-6-3-2-4-7-14/h2-4,6-7,15,17,22,24,28-29H,1,5,8-12H2,(H2,21,23)/t15-,17?,20?/m0/s1. The number of aliphatic hydroxyl groups is 2. The Balaban J connectivity index is 1.61. The lowest BCUT2D eigenvalue weighted by Gasteiger charge is -2.48. The summed E-state index contributed by atoms with van der Waals surface area (Å²) < 4.78 is 0. The number of hydrogen-bond acceptors (Lipinski definition) is 9. The molecular weight excluding hydrogens is 402 g/mol. The average molecular weight is 429 g/mol. The maximum Gasteiger partial charge on any atom is 0.331 e.